The van der Waals surface area contributed by atoms with Crippen LogP contribution >= 0.6 is 0 Å². The van der Waals surface area contributed by atoms with Crippen LogP contribution in [-0.4, -0.2) is 17.7 Å². The van der Waals surface area contributed by atoms with Crippen molar-refractivity contribution in [2.45, 2.75) is 6.92 Å². The van der Waals surface area contributed by atoms with E-state index in [1.54, 1.807) is 6.08 Å². The van der Waals surface area contributed by atoms with Crippen molar-refractivity contribution in [3.63, 3.8) is 0 Å². The van der Waals surface area contributed by atoms with Gasteiger partial charge in [0.1, 0.15) is 12.4 Å². The summed E-state index contributed by atoms with van der Waals surface area (Å²) in [6, 6.07) is 5.71. The lowest BCUT2D eigenvalue weighted by Crippen LogP contribution is -2.14. The third-order valence-electron chi connectivity index (χ3n) is 2.16. The molecule has 0 fully saturated rings. The lowest BCUT2D eigenvalue weighted by atomic mass is 10.1. The van der Waals surface area contributed by atoms with E-state index in [1.165, 1.54) is 0 Å². The van der Waals surface area contributed by atoms with E-state index in [0.717, 1.165) is 16.9 Å². The van der Waals surface area contributed by atoms with E-state index in [1.807, 2.05) is 25.1 Å². The molecule has 1 aromatic rings. The molecular formula is C11H10O3. The quantitative estimate of drug-likeness (QED) is 0.735. The molecule has 2 rings (SSSR count). The van der Waals surface area contributed by atoms with Crippen LogP contribution in [0.25, 0.3) is 6.08 Å². The second-order valence-electron chi connectivity index (χ2n) is 3.30. The van der Waals surface area contributed by atoms with Crippen molar-refractivity contribution >= 4 is 12.0 Å². The molecule has 0 spiro atoms. The number of rotatable bonds is 1. The van der Waals surface area contributed by atoms with Gasteiger partial charge in [0.15, 0.2) is 0 Å². The number of carboxylic acids is 1. The molecule has 0 aliphatic carbocycles. The van der Waals surface area contributed by atoms with Crippen LogP contribution in [0, 0.1) is 6.92 Å². The minimum absolute atomic E-state index is 0.145. The molecule has 0 unspecified atom stereocenters. The van der Waals surface area contributed by atoms with Crippen LogP contribution in [0.15, 0.2) is 23.8 Å². The van der Waals surface area contributed by atoms with Gasteiger partial charge in [0.25, 0.3) is 0 Å². The molecule has 1 N–H and O–H groups in total. The van der Waals surface area contributed by atoms with E-state index in [4.69, 9.17) is 9.84 Å². The number of hydrogen-bond acceptors (Lipinski definition) is 2. The van der Waals surface area contributed by atoms with E-state index in [0.29, 0.717) is 5.57 Å². The number of benzene rings is 1. The van der Waals surface area contributed by atoms with Gasteiger partial charge in [0, 0.05) is 5.56 Å². The maximum absolute atomic E-state index is 10.7. The molecule has 3 nitrogen and oxygen atoms in total. The molecular weight excluding hydrogens is 180 g/mol. The molecule has 0 amide bonds. The Morgan fingerprint density at radius 1 is 1.50 bits per heavy atom. The molecule has 14 heavy (non-hydrogen) atoms. The predicted molar refractivity (Wildman–Crippen MR) is 52.3 cm³/mol. The zero-order valence-corrected chi connectivity index (χ0v) is 7.78. The third kappa shape index (κ3) is 1.48. The predicted octanol–water partition coefficient (Wildman–Crippen LogP) is 1.86. The highest BCUT2D eigenvalue weighted by molar-refractivity contribution is 5.93. The highest BCUT2D eigenvalue weighted by Gasteiger charge is 2.15. The van der Waals surface area contributed by atoms with Crippen molar-refractivity contribution in [1.82, 2.24) is 0 Å². The van der Waals surface area contributed by atoms with Crippen molar-refractivity contribution in [1.29, 1.82) is 0 Å². The van der Waals surface area contributed by atoms with Gasteiger partial charge >= 0.3 is 5.97 Å². The van der Waals surface area contributed by atoms with Crippen molar-refractivity contribution in [3.05, 3.63) is 34.9 Å². The van der Waals surface area contributed by atoms with E-state index < -0.39 is 5.97 Å². The highest BCUT2D eigenvalue weighted by atomic mass is 16.5. The lowest BCUT2D eigenvalue weighted by Gasteiger charge is -2.15. The van der Waals surface area contributed by atoms with Gasteiger partial charge < -0.3 is 9.84 Å². The summed E-state index contributed by atoms with van der Waals surface area (Å²) in [4.78, 5) is 10.7. The van der Waals surface area contributed by atoms with Gasteiger partial charge in [0.2, 0.25) is 0 Å². The van der Waals surface area contributed by atoms with Crippen molar-refractivity contribution in [2.24, 2.45) is 0 Å². The van der Waals surface area contributed by atoms with Crippen LogP contribution in [0.4, 0.5) is 0 Å². The van der Waals surface area contributed by atoms with Crippen LogP contribution in [0.3, 0.4) is 0 Å². The maximum atomic E-state index is 10.7. The largest absolute Gasteiger partial charge is 0.488 e. The van der Waals surface area contributed by atoms with Gasteiger partial charge in [-0.15, -0.1) is 0 Å². The topological polar surface area (TPSA) is 46.5 Å². The average Bonchev–Trinajstić information content (AvgIpc) is 2.16. The lowest BCUT2D eigenvalue weighted by molar-refractivity contribution is -0.132. The fourth-order valence-corrected chi connectivity index (χ4v) is 1.39. The zero-order valence-electron chi connectivity index (χ0n) is 7.78. The Bertz CT molecular complexity index is 419. The number of ether oxygens (including phenoxy) is 1. The maximum Gasteiger partial charge on any atom is 0.335 e. The fourth-order valence-electron chi connectivity index (χ4n) is 1.39. The van der Waals surface area contributed by atoms with Gasteiger partial charge in [0.05, 0.1) is 5.57 Å². The SMILES string of the molecule is Cc1ccc2c(c1)OCC(C(=O)O)=C2. The first kappa shape index (κ1) is 8.81. The highest BCUT2D eigenvalue weighted by Crippen LogP contribution is 2.27. The first-order valence-corrected chi connectivity index (χ1v) is 4.34. The summed E-state index contributed by atoms with van der Waals surface area (Å²) in [6.07, 6.45) is 1.65. The fraction of sp³-hybridized carbons (Fsp3) is 0.182. The van der Waals surface area contributed by atoms with E-state index in [-0.39, 0.29) is 6.61 Å². The Morgan fingerprint density at radius 2 is 2.29 bits per heavy atom. The van der Waals surface area contributed by atoms with Gasteiger partial charge in [-0.05, 0) is 24.6 Å². The molecule has 1 aliphatic rings. The normalized spacial score (nSPS) is 13.9. The van der Waals surface area contributed by atoms with Crippen LogP contribution in [0.5, 0.6) is 5.75 Å². The zero-order chi connectivity index (χ0) is 10.1. The Morgan fingerprint density at radius 3 is 3.00 bits per heavy atom. The van der Waals surface area contributed by atoms with E-state index in [2.05, 4.69) is 0 Å². The summed E-state index contributed by atoms with van der Waals surface area (Å²) < 4.78 is 5.33. The molecule has 0 saturated carbocycles. The number of carboxylic acid groups (broad SMARTS) is 1. The number of carbonyl (C=O) groups is 1. The number of hydrogen-bond donors (Lipinski definition) is 1. The van der Waals surface area contributed by atoms with Crippen molar-refractivity contribution < 1.29 is 14.6 Å². The molecule has 1 aliphatic heterocycles. The summed E-state index contributed by atoms with van der Waals surface area (Å²) in [5, 5.41) is 8.77. The Kier molecular flexibility index (Phi) is 2.00. The second-order valence-corrected chi connectivity index (χ2v) is 3.30. The van der Waals surface area contributed by atoms with Gasteiger partial charge in [-0.1, -0.05) is 12.1 Å². The monoisotopic (exact) mass is 190 g/mol. The van der Waals surface area contributed by atoms with Gasteiger partial charge in [-0.3, -0.25) is 0 Å². The average molecular weight is 190 g/mol. The third-order valence-corrected chi connectivity index (χ3v) is 2.16. The summed E-state index contributed by atoms with van der Waals surface area (Å²) >= 11 is 0. The van der Waals surface area contributed by atoms with Gasteiger partial charge in [-0.25, -0.2) is 4.79 Å². The summed E-state index contributed by atoms with van der Waals surface area (Å²) in [5.74, 6) is -0.161. The Hall–Kier alpha value is -1.77. The first-order chi connectivity index (χ1) is 6.66. The second kappa shape index (κ2) is 3.18. The Balaban J connectivity index is 2.45. The minimum Gasteiger partial charge on any atom is -0.488 e. The molecule has 0 saturated heterocycles. The molecule has 1 aromatic carbocycles. The molecule has 72 valence electrons. The molecule has 0 aromatic heterocycles. The van der Waals surface area contributed by atoms with E-state index in [9.17, 15) is 4.79 Å². The molecule has 1 heterocycles. The van der Waals surface area contributed by atoms with Crippen LogP contribution in [0.1, 0.15) is 11.1 Å². The van der Waals surface area contributed by atoms with Crippen LogP contribution < -0.4 is 4.74 Å². The van der Waals surface area contributed by atoms with Gasteiger partial charge in [-0.2, -0.15) is 0 Å². The summed E-state index contributed by atoms with van der Waals surface area (Å²) in [7, 11) is 0. The Labute approximate surface area is 81.6 Å². The molecule has 0 atom stereocenters. The number of fused-ring (bicyclic) bond motifs is 1. The van der Waals surface area contributed by atoms with Crippen molar-refractivity contribution in [3.8, 4) is 5.75 Å². The summed E-state index contributed by atoms with van der Waals surface area (Å²) in [6.45, 7) is 2.12. The smallest absolute Gasteiger partial charge is 0.335 e. The number of aryl methyl sites for hydroxylation is 1. The van der Waals surface area contributed by atoms with E-state index >= 15 is 0 Å². The molecule has 3 heteroatoms. The van der Waals surface area contributed by atoms with Crippen molar-refractivity contribution in [2.75, 3.05) is 6.61 Å². The van der Waals surface area contributed by atoms with Crippen LogP contribution in [-0.2, 0) is 4.79 Å². The molecule has 0 radical (unpaired) electrons. The number of aliphatic carboxylic acids is 1. The van der Waals surface area contributed by atoms with Crippen LogP contribution in [0.2, 0.25) is 0 Å². The molecule has 0 bridgehead atoms. The minimum atomic E-state index is -0.920. The first-order valence-electron chi connectivity index (χ1n) is 4.34. The standard InChI is InChI=1S/C11H10O3/c1-7-2-3-8-5-9(11(12)13)6-14-10(8)4-7/h2-5H,6H2,1H3,(H,12,13). The summed E-state index contributed by atoms with van der Waals surface area (Å²) in [5.41, 5.74) is 2.23.